The monoisotopic (exact) mass is 631 g/mol. The zero-order chi connectivity index (χ0) is 31.7. The number of carbonyl (C=O) groups is 2. The number of carbonyl (C=O) groups excluding carboxylic acids is 2. The number of nitrogens with one attached hydrogen (secondary N) is 1. The Balaban J connectivity index is 1.80. The van der Waals surface area contributed by atoms with Gasteiger partial charge in [0, 0.05) is 24.5 Å². The average Bonchev–Trinajstić information content (AvgIpc) is 3.01. The van der Waals surface area contributed by atoms with E-state index >= 15 is 0 Å². The molecule has 0 aliphatic carbocycles. The predicted molar refractivity (Wildman–Crippen MR) is 176 cm³/mol. The van der Waals surface area contributed by atoms with Gasteiger partial charge in [0.2, 0.25) is 11.8 Å². The summed E-state index contributed by atoms with van der Waals surface area (Å²) < 4.78 is 29.5. The number of amides is 2. The van der Waals surface area contributed by atoms with Crippen LogP contribution in [-0.2, 0) is 32.6 Å². The number of nitrogens with zero attached hydrogens (tertiary/aromatic N) is 2. The third-order valence-electron chi connectivity index (χ3n) is 7.33. The van der Waals surface area contributed by atoms with E-state index in [1.54, 1.807) is 37.3 Å². The summed E-state index contributed by atoms with van der Waals surface area (Å²) in [5.74, 6) is -0.804. The van der Waals surface area contributed by atoms with E-state index < -0.39 is 28.5 Å². The number of benzene rings is 4. The van der Waals surface area contributed by atoms with E-state index in [1.807, 2.05) is 74.5 Å². The molecule has 1 atom stereocenters. The summed E-state index contributed by atoms with van der Waals surface area (Å²) in [6.07, 6.45) is 0.995. The van der Waals surface area contributed by atoms with Crippen LogP contribution in [0.25, 0.3) is 0 Å². The van der Waals surface area contributed by atoms with E-state index in [9.17, 15) is 18.0 Å². The van der Waals surface area contributed by atoms with Gasteiger partial charge in [0.05, 0.1) is 10.6 Å². The lowest BCUT2D eigenvalue weighted by molar-refractivity contribution is -0.140. The van der Waals surface area contributed by atoms with Crippen LogP contribution in [0.2, 0.25) is 5.02 Å². The zero-order valence-electron chi connectivity index (χ0n) is 25.2. The van der Waals surface area contributed by atoms with Crippen LogP contribution in [0, 0.1) is 13.8 Å². The van der Waals surface area contributed by atoms with Crippen molar-refractivity contribution in [2.75, 3.05) is 17.4 Å². The molecule has 0 fully saturated rings. The van der Waals surface area contributed by atoms with Crippen molar-refractivity contribution < 1.29 is 18.0 Å². The first-order valence-corrected chi connectivity index (χ1v) is 16.4. The normalized spacial score (nSPS) is 11.9. The number of hydrogen-bond acceptors (Lipinski definition) is 4. The molecule has 0 saturated heterocycles. The highest BCUT2D eigenvalue weighted by molar-refractivity contribution is 7.92. The summed E-state index contributed by atoms with van der Waals surface area (Å²) >= 11 is 6.22. The first-order valence-electron chi connectivity index (χ1n) is 14.6. The molecule has 0 bridgehead atoms. The van der Waals surface area contributed by atoms with Gasteiger partial charge in [-0.05, 0) is 67.3 Å². The molecule has 7 nitrogen and oxygen atoms in total. The Kier molecular flexibility index (Phi) is 11.2. The highest BCUT2D eigenvalue weighted by Gasteiger charge is 2.35. The van der Waals surface area contributed by atoms with Gasteiger partial charge in [-0.15, -0.1) is 0 Å². The van der Waals surface area contributed by atoms with Gasteiger partial charge in [0.1, 0.15) is 12.6 Å². The van der Waals surface area contributed by atoms with Crippen LogP contribution in [0.15, 0.2) is 108 Å². The first-order chi connectivity index (χ1) is 21.1. The van der Waals surface area contributed by atoms with Gasteiger partial charge >= 0.3 is 0 Å². The minimum atomic E-state index is -4.18. The molecule has 0 aliphatic heterocycles. The van der Waals surface area contributed by atoms with E-state index in [-0.39, 0.29) is 23.8 Å². The van der Waals surface area contributed by atoms with Crippen LogP contribution in [-0.4, -0.2) is 44.3 Å². The average molecular weight is 632 g/mol. The van der Waals surface area contributed by atoms with Gasteiger partial charge in [0.25, 0.3) is 10.0 Å². The Morgan fingerprint density at radius 2 is 1.45 bits per heavy atom. The van der Waals surface area contributed by atoms with Crippen molar-refractivity contribution in [1.82, 2.24) is 10.2 Å². The number of aryl methyl sites for hydroxylation is 2. The standard InChI is InChI=1S/C35H38ClN3O4S/c1-4-21-37-35(41)33(23-28-11-7-5-8-12-28)38(24-29-13-9-6-10-14-29)34(40)25-39(32-20-17-30(36)22-27(32)3)44(42,43)31-18-15-26(2)16-19-31/h5-20,22,33H,4,21,23-25H2,1-3H3,(H,37,41)/t33-/m0/s1. The molecular weight excluding hydrogens is 594 g/mol. The lowest BCUT2D eigenvalue weighted by Crippen LogP contribution is -2.53. The van der Waals surface area contributed by atoms with Gasteiger partial charge in [0.15, 0.2) is 0 Å². The number of rotatable bonds is 13. The van der Waals surface area contributed by atoms with Crippen molar-refractivity contribution in [3.05, 3.63) is 130 Å². The van der Waals surface area contributed by atoms with E-state index in [4.69, 9.17) is 11.6 Å². The maximum atomic E-state index is 14.5. The van der Waals surface area contributed by atoms with Crippen LogP contribution in [0.5, 0.6) is 0 Å². The Hall–Kier alpha value is -4.14. The van der Waals surface area contributed by atoms with E-state index in [1.165, 1.54) is 17.0 Å². The van der Waals surface area contributed by atoms with Crippen LogP contribution >= 0.6 is 11.6 Å². The van der Waals surface area contributed by atoms with E-state index in [0.29, 0.717) is 22.8 Å². The number of hydrogen-bond donors (Lipinski definition) is 1. The van der Waals surface area contributed by atoms with Gasteiger partial charge in [-0.25, -0.2) is 8.42 Å². The molecule has 2 amide bonds. The fourth-order valence-corrected chi connectivity index (χ4v) is 6.65. The van der Waals surface area contributed by atoms with Crippen LogP contribution in [0.3, 0.4) is 0 Å². The summed E-state index contributed by atoms with van der Waals surface area (Å²) in [4.78, 5) is 29.7. The van der Waals surface area contributed by atoms with Crippen molar-refractivity contribution in [2.24, 2.45) is 0 Å². The van der Waals surface area contributed by atoms with Crippen molar-refractivity contribution in [3.63, 3.8) is 0 Å². The Labute approximate surface area is 265 Å². The summed E-state index contributed by atoms with van der Waals surface area (Å²) in [7, 11) is -4.18. The van der Waals surface area contributed by atoms with Crippen molar-refractivity contribution in [2.45, 2.75) is 51.1 Å². The molecule has 230 valence electrons. The number of sulfonamides is 1. The fraction of sp³-hybridized carbons (Fsp3) is 0.257. The zero-order valence-corrected chi connectivity index (χ0v) is 26.8. The van der Waals surface area contributed by atoms with Crippen LogP contribution in [0.4, 0.5) is 5.69 Å². The third kappa shape index (κ3) is 8.27. The SMILES string of the molecule is CCCNC(=O)[C@H](Cc1ccccc1)N(Cc1ccccc1)C(=O)CN(c1ccc(Cl)cc1C)S(=O)(=O)c1ccc(C)cc1. The molecule has 0 spiro atoms. The molecule has 0 radical (unpaired) electrons. The molecule has 0 aliphatic rings. The minimum absolute atomic E-state index is 0.0568. The molecule has 0 heterocycles. The van der Waals surface area contributed by atoms with Gasteiger partial charge in [-0.1, -0.05) is 96.9 Å². The highest BCUT2D eigenvalue weighted by Crippen LogP contribution is 2.30. The molecule has 4 rings (SSSR count). The summed E-state index contributed by atoms with van der Waals surface area (Å²) in [6, 6.07) is 29.4. The van der Waals surface area contributed by atoms with E-state index in [0.717, 1.165) is 27.4 Å². The Morgan fingerprint density at radius 1 is 0.841 bits per heavy atom. The maximum absolute atomic E-state index is 14.5. The Morgan fingerprint density at radius 3 is 2.05 bits per heavy atom. The summed E-state index contributed by atoms with van der Waals surface area (Å²) in [5.41, 5.74) is 3.53. The lowest BCUT2D eigenvalue weighted by atomic mass is 10.0. The maximum Gasteiger partial charge on any atom is 0.264 e. The highest BCUT2D eigenvalue weighted by atomic mass is 35.5. The molecule has 0 aromatic heterocycles. The number of halogens is 1. The summed E-state index contributed by atoms with van der Waals surface area (Å²) in [5, 5.41) is 3.41. The lowest BCUT2D eigenvalue weighted by Gasteiger charge is -2.34. The topological polar surface area (TPSA) is 86.8 Å². The first kappa shape index (κ1) is 32.8. The second-order valence-electron chi connectivity index (χ2n) is 10.8. The largest absolute Gasteiger partial charge is 0.354 e. The minimum Gasteiger partial charge on any atom is -0.354 e. The van der Waals surface area contributed by atoms with Crippen LogP contribution in [0.1, 0.15) is 35.6 Å². The predicted octanol–water partition coefficient (Wildman–Crippen LogP) is 6.32. The number of anilines is 1. The van der Waals surface area contributed by atoms with Crippen molar-refractivity contribution >= 4 is 39.1 Å². The Bertz CT molecular complexity index is 1660. The molecule has 0 saturated carbocycles. The molecule has 4 aromatic carbocycles. The molecule has 9 heteroatoms. The van der Waals surface area contributed by atoms with Gasteiger partial charge < -0.3 is 10.2 Å². The quantitative estimate of drug-likeness (QED) is 0.187. The van der Waals surface area contributed by atoms with E-state index in [2.05, 4.69) is 5.32 Å². The molecule has 0 unspecified atom stereocenters. The van der Waals surface area contributed by atoms with Crippen molar-refractivity contribution in [1.29, 1.82) is 0 Å². The second-order valence-corrected chi connectivity index (χ2v) is 13.1. The molecular formula is C35H38ClN3O4S. The molecule has 44 heavy (non-hydrogen) atoms. The van der Waals surface area contributed by atoms with Gasteiger partial charge in [-0.3, -0.25) is 13.9 Å². The van der Waals surface area contributed by atoms with Crippen LogP contribution < -0.4 is 9.62 Å². The fourth-order valence-electron chi connectivity index (χ4n) is 4.95. The molecule has 1 N–H and O–H groups in total. The summed E-state index contributed by atoms with van der Waals surface area (Å²) in [6.45, 7) is 5.64. The second kappa shape index (κ2) is 15.0. The third-order valence-corrected chi connectivity index (χ3v) is 9.34. The molecule has 4 aromatic rings. The smallest absolute Gasteiger partial charge is 0.264 e. The van der Waals surface area contributed by atoms with Gasteiger partial charge in [-0.2, -0.15) is 0 Å². The van der Waals surface area contributed by atoms with Crippen molar-refractivity contribution in [3.8, 4) is 0 Å².